The monoisotopic (exact) mass is 429 g/mol. The van der Waals surface area contributed by atoms with Gasteiger partial charge in [-0.05, 0) is 47.5 Å². The highest BCUT2D eigenvalue weighted by Gasteiger charge is 2.14. The number of hydrazone groups is 1. The van der Waals surface area contributed by atoms with Gasteiger partial charge in [-0.2, -0.15) is 5.10 Å². The predicted molar refractivity (Wildman–Crippen MR) is 121 cm³/mol. The van der Waals surface area contributed by atoms with Gasteiger partial charge in [0.1, 0.15) is 17.3 Å². The summed E-state index contributed by atoms with van der Waals surface area (Å²) in [5.41, 5.74) is 4.26. The number of aryl methyl sites for hydroxylation is 1. The Morgan fingerprint density at radius 1 is 1.09 bits per heavy atom. The van der Waals surface area contributed by atoms with E-state index in [1.165, 1.54) is 25.5 Å². The summed E-state index contributed by atoms with van der Waals surface area (Å²) in [7, 11) is 1.50. The summed E-state index contributed by atoms with van der Waals surface area (Å²) in [6.07, 6.45) is 1.36. The first-order valence-electron chi connectivity index (χ1n) is 9.71. The first-order chi connectivity index (χ1) is 15.5. The van der Waals surface area contributed by atoms with E-state index >= 15 is 0 Å². The van der Waals surface area contributed by atoms with Crippen molar-refractivity contribution in [2.24, 2.45) is 5.10 Å². The Bertz CT molecular complexity index is 1360. The van der Waals surface area contributed by atoms with Gasteiger partial charge in [0.05, 0.1) is 23.8 Å². The maximum absolute atomic E-state index is 12.6. The van der Waals surface area contributed by atoms with Crippen molar-refractivity contribution in [3.63, 3.8) is 0 Å². The minimum absolute atomic E-state index is 0.0196. The molecule has 0 unspecified atom stereocenters. The third-order valence-corrected chi connectivity index (χ3v) is 4.99. The van der Waals surface area contributed by atoms with Crippen molar-refractivity contribution >= 4 is 28.6 Å². The number of methoxy groups -OCH3 is 1. The van der Waals surface area contributed by atoms with Crippen LogP contribution >= 0.6 is 0 Å². The zero-order valence-corrected chi connectivity index (χ0v) is 17.4. The van der Waals surface area contributed by atoms with Gasteiger partial charge in [0.2, 0.25) is 0 Å². The van der Waals surface area contributed by atoms with Crippen LogP contribution in [0.25, 0.3) is 22.1 Å². The first kappa shape index (κ1) is 20.8. The number of carbonyl (C=O) groups excluding carboxylic acids is 1. The van der Waals surface area contributed by atoms with Crippen molar-refractivity contribution in [2.45, 2.75) is 6.92 Å². The van der Waals surface area contributed by atoms with Gasteiger partial charge in [-0.1, -0.05) is 30.3 Å². The Labute approximate surface area is 183 Å². The first-order valence-corrected chi connectivity index (χ1v) is 9.71. The number of ether oxygens (including phenoxy) is 1. The third kappa shape index (κ3) is 4.20. The molecule has 0 radical (unpaired) electrons. The molecule has 0 aliphatic rings. The Morgan fingerprint density at radius 3 is 2.56 bits per heavy atom. The summed E-state index contributed by atoms with van der Waals surface area (Å²) >= 11 is 0. The molecule has 0 aliphatic carbocycles. The second-order valence-corrected chi connectivity index (χ2v) is 7.06. The molecule has 1 amide bonds. The molecule has 0 aliphatic heterocycles. The number of fused-ring (bicyclic) bond motifs is 1. The zero-order chi connectivity index (χ0) is 22.7. The molecule has 1 heterocycles. The standard InChI is InChI=1S/C24H19N3O5/c1-15-7-8-18(27(29)30)13-20(15)22-10-9-19(32-22)14-25-26-24(28)21-11-16-5-3-4-6-17(16)12-23(21)31-2/h3-14H,1-2H3,(H,26,28). The number of non-ortho nitro benzene ring substituents is 1. The van der Waals surface area contributed by atoms with E-state index in [0.29, 0.717) is 28.4 Å². The van der Waals surface area contributed by atoms with E-state index in [4.69, 9.17) is 9.15 Å². The molecular formula is C24H19N3O5. The summed E-state index contributed by atoms with van der Waals surface area (Å²) in [5.74, 6) is 0.870. The van der Waals surface area contributed by atoms with Crippen LogP contribution in [0.15, 0.2) is 76.2 Å². The van der Waals surface area contributed by atoms with Gasteiger partial charge in [0.25, 0.3) is 11.6 Å². The lowest BCUT2D eigenvalue weighted by Crippen LogP contribution is -2.18. The maximum atomic E-state index is 12.6. The van der Waals surface area contributed by atoms with Crippen LogP contribution in [0.1, 0.15) is 21.7 Å². The van der Waals surface area contributed by atoms with Gasteiger partial charge in [0.15, 0.2) is 0 Å². The molecule has 1 N–H and O–H groups in total. The van der Waals surface area contributed by atoms with Crippen LogP contribution in [-0.2, 0) is 0 Å². The fourth-order valence-corrected chi connectivity index (χ4v) is 3.34. The fourth-order valence-electron chi connectivity index (χ4n) is 3.34. The Hall–Kier alpha value is -4.46. The second kappa shape index (κ2) is 8.73. The van der Waals surface area contributed by atoms with Crippen molar-refractivity contribution in [1.29, 1.82) is 0 Å². The minimum Gasteiger partial charge on any atom is -0.496 e. The van der Waals surface area contributed by atoms with E-state index in [1.54, 1.807) is 30.3 Å². The molecule has 0 atom stereocenters. The number of nitrogens with one attached hydrogen (secondary N) is 1. The number of rotatable bonds is 6. The van der Waals surface area contributed by atoms with E-state index in [-0.39, 0.29) is 5.69 Å². The summed E-state index contributed by atoms with van der Waals surface area (Å²) in [4.78, 5) is 23.2. The molecule has 8 heteroatoms. The van der Waals surface area contributed by atoms with Gasteiger partial charge >= 0.3 is 0 Å². The van der Waals surface area contributed by atoms with Crippen LogP contribution in [0.4, 0.5) is 5.69 Å². The van der Waals surface area contributed by atoms with Gasteiger partial charge in [-0.15, -0.1) is 0 Å². The van der Waals surface area contributed by atoms with Gasteiger partial charge < -0.3 is 9.15 Å². The zero-order valence-electron chi connectivity index (χ0n) is 17.4. The predicted octanol–water partition coefficient (Wildman–Crippen LogP) is 5.09. The molecule has 1 aromatic heterocycles. The van der Waals surface area contributed by atoms with Crippen LogP contribution in [0.2, 0.25) is 0 Å². The average molecular weight is 429 g/mol. The fraction of sp³-hybridized carbons (Fsp3) is 0.0833. The van der Waals surface area contributed by atoms with E-state index in [2.05, 4.69) is 10.5 Å². The number of nitro groups is 1. The summed E-state index contributed by atoms with van der Waals surface area (Å²) in [6, 6.07) is 19.1. The Morgan fingerprint density at radius 2 is 1.84 bits per heavy atom. The number of benzene rings is 3. The van der Waals surface area contributed by atoms with Crippen molar-refractivity contribution in [3.05, 3.63) is 93.7 Å². The molecule has 0 saturated heterocycles. The van der Waals surface area contributed by atoms with Crippen LogP contribution in [-0.4, -0.2) is 24.2 Å². The molecule has 4 aromatic rings. The topological polar surface area (TPSA) is 107 Å². The summed E-state index contributed by atoms with van der Waals surface area (Å²) in [5, 5.41) is 16.9. The number of furan rings is 1. The molecule has 0 fully saturated rings. The van der Waals surface area contributed by atoms with Crippen molar-refractivity contribution < 1.29 is 18.9 Å². The second-order valence-electron chi connectivity index (χ2n) is 7.06. The van der Waals surface area contributed by atoms with E-state index < -0.39 is 10.8 Å². The van der Waals surface area contributed by atoms with Gasteiger partial charge in [-0.25, -0.2) is 5.43 Å². The van der Waals surface area contributed by atoms with Gasteiger partial charge in [-0.3, -0.25) is 14.9 Å². The summed E-state index contributed by atoms with van der Waals surface area (Å²) in [6.45, 7) is 1.84. The van der Waals surface area contributed by atoms with Crippen LogP contribution in [0.3, 0.4) is 0 Å². The molecule has 3 aromatic carbocycles. The minimum atomic E-state index is -0.454. The van der Waals surface area contributed by atoms with Crippen LogP contribution in [0.5, 0.6) is 5.75 Å². The Balaban J connectivity index is 1.52. The molecule has 8 nitrogen and oxygen atoms in total. The number of hydrogen-bond acceptors (Lipinski definition) is 6. The maximum Gasteiger partial charge on any atom is 0.275 e. The third-order valence-electron chi connectivity index (χ3n) is 4.99. The lowest BCUT2D eigenvalue weighted by molar-refractivity contribution is -0.384. The van der Waals surface area contributed by atoms with E-state index in [0.717, 1.165) is 16.3 Å². The molecule has 0 bridgehead atoms. The number of nitro benzene ring substituents is 1. The van der Waals surface area contributed by atoms with E-state index in [9.17, 15) is 14.9 Å². The lowest BCUT2D eigenvalue weighted by Gasteiger charge is -2.09. The molecule has 32 heavy (non-hydrogen) atoms. The highest BCUT2D eigenvalue weighted by atomic mass is 16.6. The normalized spacial score (nSPS) is 11.1. The highest BCUT2D eigenvalue weighted by Crippen LogP contribution is 2.29. The molecule has 160 valence electrons. The lowest BCUT2D eigenvalue weighted by atomic mass is 10.1. The van der Waals surface area contributed by atoms with Crippen molar-refractivity contribution in [3.8, 4) is 17.1 Å². The molecule has 0 spiro atoms. The SMILES string of the molecule is COc1cc2ccccc2cc1C(=O)NN=Cc1ccc(-c2cc([N+](=O)[O-])ccc2C)o1. The average Bonchev–Trinajstić information content (AvgIpc) is 3.26. The van der Waals surface area contributed by atoms with E-state index in [1.807, 2.05) is 31.2 Å². The quantitative estimate of drug-likeness (QED) is 0.261. The number of amides is 1. The van der Waals surface area contributed by atoms with Crippen molar-refractivity contribution in [2.75, 3.05) is 7.11 Å². The number of nitrogens with zero attached hydrogens (tertiary/aromatic N) is 2. The molecular weight excluding hydrogens is 410 g/mol. The molecule has 4 rings (SSSR count). The van der Waals surface area contributed by atoms with Crippen LogP contribution in [0, 0.1) is 17.0 Å². The smallest absolute Gasteiger partial charge is 0.275 e. The number of carbonyl (C=O) groups is 1. The van der Waals surface area contributed by atoms with Crippen LogP contribution < -0.4 is 10.2 Å². The van der Waals surface area contributed by atoms with Gasteiger partial charge in [0, 0.05) is 17.7 Å². The molecule has 0 saturated carbocycles. The summed E-state index contributed by atoms with van der Waals surface area (Å²) < 4.78 is 11.1. The van der Waals surface area contributed by atoms with Crippen molar-refractivity contribution in [1.82, 2.24) is 5.43 Å². The number of hydrogen-bond donors (Lipinski definition) is 1. The Kier molecular flexibility index (Phi) is 5.67. The largest absolute Gasteiger partial charge is 0.496 e. The highest BCUT2D eigenvalue weighted by molar-refractivity contribution is 6.01.